The van der Waals surface area contributed by atoms with Crippen molar-refractivity contribution in [2.45, 2.75) is 38.4 Å². The van der Waals surface area contributed by atoms with Crippen LogP contribution in [0.3, 0.4) is 0 Å². The number of piperidine rings is 1. The lowest BCUT2D eigenvalue weighted by Crippen LogP contribution is -2.56. The van der Waals surface area contributed by atoms with Crippen LogP contribution in [-0.2, 0) is 4.79 Å². The van der Waals surface area contributed by atoms with Gasteiger partial charge >= 0.3 is 6.18 Å². The standard InChI is InChI=1S/C11H19F3N2O/c1-10(2,15-3)9(17)16-6-4-5-8(7-16)11(12,13)14/h8,15H,4-7H2,1-3H3. The molecule has 0 aromatic carbocycles. The van der Waals surface area contributed by atoms with Gasteiger partial charge in [0.1, 0.15) is 0 Å². The average molecular weight is 252 g/mol. The predicted octanol–water partition coefficient (Wildman–Crippen LogP) is 1.79. The lowest BCUT2D eigenvalue weighted by molar-refractivity contribution is -0.189. The summed E-state index contributed by atoms with van der Waals surface area (Å²) in [7, 11) is 1.63. The van der Waals surface area contributed by atoms with Gasteiger partial charge in [-0.05, 0) is 33.7 Å². The molecular weight excluding hydrogens is 233 g/mol. The molecule has 1 unspecified atom stereocenters. The molecule has 0 aromatic heterocycles. The fourth-order valence-corrected chi connectivity index (χ4v) is 1.93. The molecule has 1 saturated heterocycles. The van der Waals surface area contributed by atoms with Gasteiger partial charge in [-0.15, -0.1) is 0 Å². The molecular formula is C11H19F3N2O. The fourth-order valence-electron chi connectivity index (χ4n) is 1.93. The second-order valence-corrected chi connectivity index (χ2v) is 5.01. The molecule has 0 aliphatic carbocycles. The van der Waals surface area contributed by atoms with Gasteiger partial charge in [0.15, 0.2) is 0 Å². The number of nitrogens with one attached hydrogen (secondary N) is 1. The Labute approximate surface area is 99.4 Å². The van der Waals surface area contributed by atoms with Crippen molar-refractivity contribution in [3.63, 3.8) is 0 Å². The van der Waals surface area contributed by atoms with Crippen LogP contribution < -0.4 is 5.32 Å². The molecule has 6 heteroatoms. The lowest BCUT2D eigenvalue weighted by Gasteiger charge is -2.38. The van der Waals surface area contributed by atoms with E-state index in [9.17, 15) is 18.0 Å². The minimum Gasteiger partial charge on any atom is -0.340 e. The first-order valence-corrected chi connectivity index (χ1v) is 5.73. The van der Waals surface area contributed by atoms with Crippen LogP contribution in [0, 0.1) is 5.92 Å². The first kappa shape index (κ1) is 14.3. The molecule has 0 radical (unpaired) electrons. The van der Waals surface area contributed by atoms with Gasteiger partial charge in [-0.25, -0.2) is 0 Å². The Hall–Kier alpha value is -0.780. The number of alkyl halides is 3. The van der Waals surface area contributed by atoms with Crippen molar-refractivity contribution in [2.75, 3.05) is 20.1 Å². The summed E-state index contributed by atoms with van der Waals surface area (Å²) in [4.78, 5) is 13.3. The molecule has 3 nitrogen and oxygen atoms in total. The van der Waals surface area contributed by atoms with Crippen molar-refractivity contribution < 1.29 is 18.0 Å². The monoisotopic (exact) mass is 252 g/mol. The molecule has 1 heterocycles. The summed E-state index contributed by atoms with van der Waals surface area (Å²) in [5.41, 5.74) is -0.812. The summed E-state index contributed by atoms with van der Waals surface area (Å²) >= 11 is 0. The molecule has 1 atom stereocenters. The van der Waals surface area contributed by atoms with Gasteiger partial charge < -0.3 is 10.2 Å². The normalized spacial score (nSPS) is 22.7. The largest absolute Gasteiger partial charge is 0.393 e. The maximum Gasteiger partial charge on any atom is 0.393 e. The van der Waals surface area contributed by atoms with Crippen LogP contribution >= 0.6 is 0 Å². The van der Waals surface area contributed by atoms with Gasteiger partial charge in [0.2, 0.25) is 5.91 Å². The van der Waals surface area contributed by atoms with Crippen LogP contribution in [0.5, 0.6) is 0 Å². The smallest absolute Gasteiger partial charge is 0.340 e. The minimum absolute atomic E-state index is 0.118. The van der Waals surface area contributed by atoms with E-state index in [1.165, 1.54) is 4.90 Å². The third-order valence-electron chi connectivity index (χ3n) is 3.33. The number of nitrogens with zero attached hydrogens (tertiary/aromatic N) is 1. The van der Waals surface area contributed by atoms with Gasteiger partial charge in [-0.3, -0.25) is 4.79 Å². The molecule has 100 valence electrons. The SMILES string of the molecule is CNC(C)(C)C(=O)N1CCCC(C(F)(F)F)C1. The maximum atomic E-state index is 12.6. The third kappa shape index (κ3) is 3.34. The van der Waals surface area contributed by atoms with E-state index < -0.39 is 17.6 Å². The molecule has 1 rings (SSSR count). The number of rotatable bonds is 2. The molecule has 0 aromatic rings. The maximum absolute atomic E-state index is 12.6. The van der Waals surface area contributed by atoms with Crippen molar-refractivity contribution in [1.29, 1.82) is 0 Å². The van der Waals surface area contributed by atoms with Crippen molar-refractivity contribution in [3.05, 3.63) is 0 Å². The lowest BCUT2D eigenvalue weighted by atomic mass is 9.95. The summed E-state index contributed by atoms with van der Waals surface area (Å²) in [6.45, 7) is 3.54. The second-order valence-electron chi connectivity index (χ2n) is 5.01. The zero-order chi connectivity index (χ0) is 13.3. The summed E-state index contributed by atoms with van der Waals surface area (Å²) in [5.74, 6) is -1.65. The number of amides is 1. The number of hydrogen-bond acceptors (Lipinski definition) is 2. The number of carbonyl (C=O) groups excluding carboxylic acids is 1. The predicted molar refractivity (Wildman–Crippen MR) is 58.5 cm³/mol. The van der Waals surface area contributed by atoms with Gasteiger partial charge in [0, 0.05) is 13.1 Å². The molecule has 1 aliphatic rings. The van der Waals surface area contributed by atoms with Crippen LogP contribution in [0.1, 0.15) is 26.7 Å². The van der Waals surface area contributed by atoms with E-state index in [-0.39, 0.29) is 18.9 Å². The van der Waals surface area contributed by atoms with Crippen LogP contribution in [0.2, 0.25) is 0 Å². The van der Waals surface area contributed by atoms with Gasteiger partial charge in [-0.2, -0.15) is 13.2 Å². The molecule has 0 bridgehead atoms. The molecule has 0 spiro atoms. The van der Waals surface area contributed by atoms with Gasteiger partial charge in [0.05, 0.1) is 11.5 Å². The van der Waals surface area contributed by atoms with Crippen LogP contribution in [-0.4, -0.2) is 42.7 Å². The van der Waals surface area contributed by atoms with Crippen molar-refractivity contribution in [3.8, 4) is 0 Å². The van der Waals surface area contributed by atoms with Crippen LogP contribution in [0.4, 0.5) is 13.2 Å². The van der Waals surface area contributed by atoms with E-state index >= 15 is 0 Å². The highest BCUT2D eigenvalue weighted by Crippen LogP contribution is 2.33. The average Bonchev–Trinajstić information content (AvgIpc) is 2.27. The Kier molecular flexibility index (Phi) is 4.06. The highest BCUT2D eigenvalue weighted by atomic mass is 19.4. The summed E-state index contributed by atoms with van der Waals surface area (Å²) in [6, 6.07) is 0. The van der Waals surface area contributed by atoms with Crippen molar-refractivity contribution in [2.24, 2.45) is 5.92 Å². The number of likely N-dealkylation sites (N-methyl/N-ethyl adjacent to an activating group) is 1. The Morgan fingerprint density at radius 1 is 1.35 bits per heavy atom. The Morgan fingerprint density at radius 3 is 2.41 bits per heavy atom. The molecule has 1 N–H and O–H groups in total. The van der Waals surface area contributed by atoms with Crippen molar-refractivity contribution >= 4 is 5.91 Å². The quantitative estimate of drug-likeness (QED) is 0.812. The first-order chi connectivity index (χ1) is 7.68. The van der Waals surface area contributed by atoms with E-state index in [4.69, 9.17) is 0 Å². The zero-order valence-electron chi connectivity index (χ0n) is 10.4. The van der Waals surface area contributed by atoms with E-state index in [1.54, 1.807) is 20.9 Å². The first-order valence-electron chi connectivity index (χ1n) is 5.73. The van der Waals surface area contributed by atoms with Gasteiger partial charge in [-0.1, -0.05) is 0 Å². The van der Waals surface area contributed by atoms with E-state index in [0.29, 0.717) is 13.0 Å². The molecule has 0 saturated carbocycles. The van der Waals surface area contributed by atoms with E-state index in [1.807, 2.05) is 0 Å². The van der Waals surface area contributed by atoms with Crippen LogP contribution in [0.25, 0.3) is 0 Å². The van der Waals surface area contributed by atoms with E-state index in [0.717, 1.165) is 0 Å². The Balaban J connectivity index is 2.71. The third-order valence-corrected chi connectivity index (χ3v) is 3.33. The Bertz CT molecular complexity index is 289. The number of halogens is 3. The number of likely N-dealkylation sites (tertiary alicyclic amines) is 1. The van der Waals surface area contributed by atoms with E-state index in [2.05, 4.69) is 5.32 Å². The molecule has 1 fully saturated rings. The van der Waals surface area contributed by atoms with Crippen LogP contribution in [0.15, 0.2) is 0 Å². The highest BCUT2D eigenvalue weighted by Gasteiger charge is 2.44. The Morgan fingerprint density at radius 2 is 1.94 bits per heavy atom. The number of hydrogen-bond donors (Lipinski definition) is 1. The highest BCUT2D eigenvalue weighted by molar-refractivity contribution is 5.85. The summed E-state index contributed by atoms with van der Waals surface area (Å²) < 4.78 is 37.8. The number of carbonyl (C=O) groups is 1. The second kappa shape index (κ2) is 4.84. The zero-order valence-corrected chi connectivity index (χ0v) is 10.4. The summed E-state index contributed by atoms with van der Waals surface area (Å²) in [6.07, 6.45) is -3.67. The van der Waals surface area contributed by atoms with Gasteiger partial charge in [0.25, 0.3) is 0 Å². The minimum atomic E-state index is -4.21. The topological polar surface area (TPSA) is 32.3 Å². The molecule has 1 aliphatic heterocycles. The van der Waals surface area contributed by atoms with Crippen molar-refractivity contribution in [1.82, 2.24) is 10.2 Å². The summed E-state index contributed by atoms with van der Waals surface area (Å²) in [5, 5.41) is 2.82. The molecule has 17 heavy (non-hydrogen) atoms. The molecule has 1 amide bonds. The fraction of sp³-hybridized carbons (Fsp3) is 0.909.